The molecule has 10 nitrogen and oxygen atoms in total. The SMILES string of the molecule is C=CS(=O)(=O)NC1CCN(Cc2ccc(-n3c(-c4cccnc4N)nc4ncc(-c5ccc(F)cn5)cc43)cc2)CC1. The van der Waals surface area contributed by atoms with Crippen LogP contribution in [0.3, 0.4) is 0 Å². The number of rotatable bonds is 8. The van der Waals surface area contributed by atoms with Gasteiger partial charge in [0.25, 0.3) is 0 Å². The Labute approximate surface area is 242 Å². The molecule has 1 aliphatic heterocycles. The molecule has 0 saturated carbocycles. The van der Waals surface area contributed by atoms with E-state index in [4.69, 9.17) is 10.7 Å². The molecular weight excluding hydrogens is 555 g/mol. The van der Waals surface area contributed by atoms with Crippen LogP contribution in [-0.2, 0) is 16.6 Å². The van der Waals surface area contributed by atoms with Gasteiger partial charge in [-0.05, 0) is 60.9 Å². The topological polar surface area (TPSA) is 132 Å². The van der Waals surface area contributed by atoms with Crippen LogP contribution >= 0.6 is 0 Å². The molecular formula is C30H29FN8O2S. The summed E-state index contributed by atoms with van der Waals surface area (Å²) in [5.74, 6) is 0.544. The van der Waals surface area contributed by atoms with Crippen molar-refractivity contribution in [2.24, 2.45) is 0 Å². The van der Waals surface area contributed by atoms with E-state index in [9.17, 15) is 12.8 Å². The molecule has 42 heavy (non-hydrogen) atoms. The Bertz CT molecular complexity index is 1850. The molecule has 4 aromatic heterocycles. The third-order valence-electron chi connectivity index (χ3n) is 7.35. The minimum atomic E-state index is -3.43. The third-order valence-corrected chi connectivity index (χ3v) is 8.45. The lowest BCUT2D eigenvalue weighted by molar-refractivity contribution is 0.200. The molecule has 0 aliphatic carbocycles. The lowest BCUT2D eigenvalue weighted by Gasteiger charge is -2.32. The first-order valence-electron chi connectivity index (χ1n) is 13.5. The van der Waals surface area contributed by atoms with Crippen LogP contribution in [0.15, 0.2) is 85.2 Å². The van der Waals surface area contributed by atoms with E-state index in [-0.39, 0.29) is 6.04 Å². The number of imidazole rings is 1. The van der Waals surface area contributed by atoms with E-state index < -0.39 is 15.8 Å². The van der Waals surface area contributed by atoms with Crippen molar-refractivity contribution >= 4 is 27.0 Å². The Morgan fingerprint density at radius 2 is 1.83 bits per heavy atom. The molecule has 6 rings (SSSR count). The van der Waals surface area contributed by atoms with Crippen molar-refractivity contribution in [2.45, 2.75) is 25.4 Å². The van der Waals surface area contributed by atoms with Gasteiger partial charge in [-0.2, -0.15) is 0 Å². The number of pyridine rings is 3. The van der Waals surface area contributed by atoms with E-state index in [2.05, 4.69) is 43.3 Å². The molecule has 1 aliphatic rings. The van der Waals surface area contributed by atoms with Crippen molar-refractivity contribution in [2.75, 3.05) is 18.8 Å². The Morgan fingerprint density at radius 1 is 1.05 bits per heavy atom. The summed E-state index contributed by atoms with van der Waals surface area (Å²) in [6, 6.07) is 16.7. The Morgan fingerprint density at radius 3 is 2.52 bits per heavy atom. The molecule has 3 N–H and O–H groups in total. The van der Waals surface area contributed by atoms with Crippen molar-refractivity contribution < 1.29 is 12.8 Å². The second-order valence-corrected chi connectivity index (χ2v) is 11.8. The zero-order valence-corrected chi connectivity index (χ0v) is 23.5. The lowest BCUT2D eigenvalue weighted by Crippen LogP contribution is -2.43. The van der Waals surface area contributed by atoms with E-state index in [1.165, 1.54) is 12.3 Å². The van der Waals surface area contributed by atoms with Crippen molar-refractivity contribution in [1.29, 1.82) is 0 Å². The highest BCUT2D eigenvalue weighted by Gasteiger charge is 2.23. The normalized spacial score (nSPS) is 14.8. The maximum Gasteiger partial charge on any atom is 0.233 e. The van der Waals surface area contributed by atoms with E-state index >= 15 is 0 Å². The Balaban J connectivity index is 1.30. The number of aromatic nitrogens is 5. The average molecular weight is 585 g/mol. The number of hydrogen-bond acceptors (Lipinski definition) is 8. The third kappa shape index (κ3) is 5.77. The largest absolute Gasteiger partial charge is 0.383 e. The molecule has 0 amide bonds. The molecule has 1 saturated heterocycles. The molecule has 5 heterocycles. The fourth-order valence-corrected chi connectivity index (χ4v) is 5.99. The standard InChI is InChI=1S/C30H29FN8O2S/c1-2-42(40,41)37-23-11-14-38(15-12-23)19-20-5-8-24(9-6-20)39-27-16-21(26-10-7-22(31)18-34-26)17-35-29(27)36-30(39)25-4-3-13-33-28(25)32/h2-10,13,16-18,23,37H,1,11-12,14-15,19H2,(H2,32,33). The number of nitrogen functional groups attached to an aromatic ring is 1. The molecule has 0 spiro atoms. The van der Waals surface area contributed by atoms with Crippen molar-refractivity contribution in [3.05, 3.63) is 96.6 Å². The van der Waals surface area contributed by atoms with Gasteiger partial charge >= 0.3 is 0 Å². The zero-order valence-electron chi connectivity index (χ0n) is 22.7. The highest BCUT2D eigenvalue weighted by molar-refractivity contribution is 7.92. The first-order valence-corrected chi connectivity index (χ1v) is 15.0. The van der Waals surface area contributed by atoms with Gasteiger partial charge in [-0.15, -0.1) is 0 Å². The summed E-state index contributed by atoms with van der Waals surface area (Å²) in [5.41, 5.74) is 11.5. The first-order chi connectivity index (χ1) is 20.3. The lowest BCUT2D eigenvalue weighted by atomic mass is 10.1. The summed E-state index contributed by atoms with van der Waals surface area (Å²) in [7, 11) is -3.43. The minimum Gasteiger partial charge on any atom is -0.383 e. The molecule has 12 heteroatoms. The first kappa shape index (κ1) is 27.6. The summed E-state index contributed by atoms with van der Waals surface area (Å²) in [4.78, 5) is 20.2. The van der Waals surface area contributed by atoms with Gasteiger partial charge < -0.3 is 5.73 Å². The molecule has 0 radical (unpaired) electrons. The smallest absolute Gasteiger partial charge is 0.233 e. The summed E-state index contributed by atoms with van der Waals surface area (Å²) in [5, 5.41) is 0.953. The summed E-state index contributed by atoms with van der Waals surface area (Å²) < 4.78 is 41.8. The summed E-state index contributed by atoms with van der Waals surface area (Å²) in [6.07, 6.45) is 5.96. The van der Waals surface area contributed by atoms with Crippen LogP contribution in [0, 0.1) is 5.82 Å². The quantitative estimate of drug-likeness (QED) is 0.276. The number of nitrogens with one attached hydrogen (secondary N) is 1. The van der Waals surface area contributed by atoms with Gasteiger partial charge in [-0.25, -0.2) is 32.5 Å². The van der Waals surface area contributed by atoms with Gasteiger partial charge in [0.05, 0.1) is 23.0 Å². The molecule has 0 atom stereocenters. The van der Waals surface area contributed by atoms with Crippen molar-refractivity contribution in [3.63, 3.8) is 0 Å². The Hall–Kier alpha value is -4.52. The second-order valence-electron chi connectivity index (χ2n) is 10.2. The van der Waals surface area contributed by atoms with E-state index in [0.717, 1.165) is 60.2 Å². The molecule has 0 unspecified atom stereocenters. The van der Waals surface area contributed by atoms with Crippen LogP contribution in [0.5, 0.6) is 0 Å². The summed E-state index contributed by atoms with van der Waals surface area (Å²) in [6.45, 7) is 5.68. The van der Waals surface area contributed by atoms with Crippen LogP contribution in [-0.4, -0.2) is 57.0 Å². The number of hydrogen-bond donors (Lipinski definition) is 2. The number of likely N-dealkylation sites (tertiary alicyclic amines) is 1. The second kappa shape index (κ2) is 11.4. The van der Waals surface area contributed by atoms with E-state index in [1.807, 2.05) is 34.9 Å². The fraction of sp³-hybridized carbons (Fsp3) is 0.200. The number of anilines is 1. The van der Waals surface area contributed by atoms with Gasteiger partial charge in [0, 0.05) is 54.7 Å². The maximum atomic E-state index is 13.5. The molecule has 1 fully saturated rings. The number of fused-ring (bicyclic) bond motifs is 1. The minimum absolute atomic E-state index is 0.0805. The molecule has 0 bridgehead atoms. The van der Waals surface area contributed by atoms with Crippen molar-refractivity contribution in [3.8, 4) is 28.3 Å². The average Bonchev–Trinajstić information content (AvgIpc) is 3.37. The highest BCUT2D eigenvalue weighted by Crippen LogP contribution is 2.32. The number of sulfonamides is 1. The molecule has 1 aromatic carbocycles. The van der Waals surface area contributed by atoms with Gasteiger partial charge in [-0.1, -0.05) is 18.7 Å². The number of nitrogens with zero attached hydrogens (tertiary/aromatic N) is 6. The van der Waals surface area contributed by atoms with Gasteiger partial charge in [0.2, 0.25) is 10.0 Å². The monoisotopic (exact) mass is 584 g/mol. The Kier molecular flexibility index (Phi) is 7.50. The number of piperidine rings is 1. The highest BCUT2D eigenvalue weighted by atomic mass is 32.2. The van der Waals surface area contributed by atoms with Gasteiger partial charge in [0.15, 0.2) is 11.5 Å². The van der Waals surface area contributed by atoms with E-state index in [0.29, 0.717) is 28.5 Å². The fourth-order valence-electron chi connectivity index (χ4n) is 5.19. The summed E-state index contributed by atoms with van der Waals surface area (Å²) >= 11 is 0. The van der Waals surface area contributed by atoms with Crippen LogP contribution in [0.1, 0.15) is 18.4 Å². The van der Waals surface area contributed by atoms with E-state index in [1.54, 1.807) is 18.5 Å². The van der Waals surface area contributed by atoms with Crippen LogP contribution in [0.25, 0.3) is 39.5 Å². The zero-order chi connectivity index (χ0) is 29.3. The maximum absolute atomic E-state index is 13.5. The van der Waals surface area contributed by atoms with Crippen LogP contribution < -0.4 is 10.5 Å². The van der Waals surface area contributed by atoms with Crippen LogP contribution in [0.4, 0.5) is 10.2 Å². The number of benzene rings is 1. The predicted octanol–water partition coefficient (Wildman–Crippen LogP) is 4.29. The van der Waals surface area contributed by atoms with Crippen LogP contribution in [0.2, 0.25) is 0 Å². The molecule has 214 valence electrons. The number of halogens is 1. The molecule has 5 aromatic rings. The predicted molar refractivity (Wildman–Crippen MR) is 160 cm³/mol. The van der Waals surface area contributed by atoms with Crippen molar-refractivity contribution in [1.82, 2.24) is 34.1 Å². The number of nitrogens with two attached hydrogens (primary N) is 1. The van der Waals surface area contributed by atoms with Gasteiger partial charge in [-0.3, -0.25) is 14.5 Å². The van der Waals surface area contributed by atoms with Gasteiger partial charge in [0.1, 0.15) is 11.6 Å².